The van der Waals surface area contributed by atoms with Crippen LogP contribution in [-0.2, 0) is 20.1 Å². The van der Waals surface area contributed by atoms with Gasteiger partial charge in [0, 0.05) is 5.92 Å². The van der Waals surface area contributed by atoms with Gasteiger partial charge >= 0.3 is 0 Å². The summed E-state index contributed by atoms with van der Waals surface area (Å²) in [4.78, 5) is 14.6. The molecule has 288 valence electrons. The number of carbonyl (C=O) groups is 1. The van der Waals surface area contributed by atoms with Gasteiger partial charge in [0.2, 0.25) is 5.91 Å². The average Bonchev–Trinajstić information content (AvgIpc) is 3.82. The Morgan fingerprint density at radius 2 is 1.28 bits per heavy atom. The van der Waals surface area contributed by atoms with Gasteiger partial charge in [0.25, 0.3) is 0 Å². The van der Waals surface area contributed by atoms with Gasteiger partial charge in [-0.05, 0) is 91.7 Å². The lowest BCUT2D eigenvalue weighted by Gasteiger charge is -2.46. The molecule has 6 atom stereocenters. The molecule has 8 heteroatoms. The summed E-state index contributed by atoms with van der Waals surface area (Å²) in [6.07, 6.45) is 9.38. The van der Waals surface area contributed by atoms with E-state index in [0.29, 0.717) is 31.1 Å². The fourth-order valence-electron chi connectivity index (χ4n) is 7.10. The first-order chi connectivity index (χ1) is 23.1. The molecule has 0 aliphatic heterocycles. The van der Waals surface area contributed by atoms with Gasteiger partial charge < -0.3 is 24.4 Å². The summed E-state index contributed by atoms with van der Waals surface area (Å²) >= 11 is 0. The zero-order valence-corrected chi connectivity index (χ0v) is 36.2. The fraction of sp³-hybridized carbons (Fsp3) is 0.833. The van der Waals surface area contributed by atoms with Crippen molar-refractivity contribution in [3.05, 3.63) is 35.9 Å². The Labute approximate surface area is 309 Å². The fourth-order valence-corrected chi connectivity index (χ4v) is 9.80. The van der Waals surface area contributed by atoms with Crippen molar-refractivity contribution in [2.45, 2.75) is 199 Å². The highest BCUT2D eigenvalue weighted by molar-refractivity contribution is 6.74. The van der Waals surface area contributed by atoms with Crippen molar-refractivity contribution in [2.24, 2.45) is 23.7 Å². The number of rotatable bonds is 19. The predicted octanol–water partition coefficient (Wildman–Crippen LogP) is 10.0. The molecule has 0 saturated heterocycles. The van der Waals surface area contributed by atoms with Crippen LogP contribution in [0.2, 0.25) is 36.3 Å². The molecule has 0 heterocycles. The van der Waals surface area contributed by atoms with Crippen LogP contribution in [0, 0.1) is 23.7 Å². The molecule has 50 heavy (non-hydrogen) atoms. The minimum absolute atomic E-state index is 0.0109. The lowest BCUT2D eigenvalue weighted by Crippen LogP contribution is -2.55. The standard InChI is InChI=1S/C42H77NO5Si2/c1-30(2)25-35(44)39(36(45)27-31-19-15-13-16-20-31)43-40(46)34(26-33-23-24-33)29-38(48-50(11,12)42(6,7)8)37(28-32-21-17-14-18-22-32)47-49(9,10)41(3,4)5/h14,17-18,21-22,30-31,33-39,44-45H,13,15-16,19-20,23-29H2,1-12H3,(H,43,46)/t34-,35?,36?,37+,38-,39?/m1/s1. The van der Waals surface area contributed by atoms with Crippen molar-refractivity contribution in [3.63, 3.8) is 0 Å². The molecule has 1 aromatic carbocycles. The Balaban J connectivity index is 2.00. The summed E-state index contributed by atoms with van der Waals surface area (Å²) in [5.41, 5.74) is 1.21. The summed E-state index contributed by atoms with van der Waals surface area (Å²) in [6, 6.07) is 9.90. The Bertz CT molecular complexity index is 1150. The summed E-state index contributed by atoms with van der Waals surface area (Å²) < 4.78 is 14.7. The molecule has 2 fully saturated rings. The minimum Gasteiger partial charge on any atom is -0.411 e. The van der Waals surface area contributed by atoms with Gasteiger partial charge in [0.1, 0.15) is 0 Å². The maximum absolute atomic E-state index is 14.6. The first-order valence-corrected chi connectivity index (χ1v) is 26.0. The first kappa shape index (κ1) is 43.4. The van der Waals surface area contributed by atoms with Gasteiger partial charge in [-0.3, -0.25) is 4.79 Å². The Hall–Kier alpha value is -1.04. The molecule has 3 unspecified atom stereocenters. The molecule has 3 rings (SSSR count). The van der Waals surface area contributed by atoms with E-state index in [-0.39, 0.29) is 40.0 Å². The number of benzene rings is 1. The Kier molecular flexibility index (Phi) is 15.9. The molecule has 1 aromatic rings. The highest BCUT2D eigenvalue weighted by atomic mass is 28.4. The second-order valence-corrected chi connectivity index (χ2v) is 29.2. The van der Waals surface area contributed by atoms with E-state index in [9.17, 15) is 15.0 Å². The van der Waals surface area contributed by atoms with Gasteiger partial charge in [-0.1, -0.05) is 131 Å². The lowest BCUT2D eigenvalue weighted by molar-refractivity contribution is -0.130. The SMILES string of the molecule is CC(C)CC(O)C(NC(=O)[C@H](CC1CC1)C[C@@H](O[Si](C)(C)C(C)(C)C)[C@H](Cc1ccccc1)O[Si](C)(C)C(C)(C)C)C(O)CC1CCCCC1. The quantitative estimate of drug-likeness (QED) is 0.123. The van der Waals surface area contributed by atoms with Crippen LogP contribution in [0.5, 0.6) is 0 Å². The van der Waals surface area contributed by atoms with Crippen LogP contribution < -0.4 is 5.32 Å². The molecule has 2 aliphatic rings. The van der Waals surface area contributed by atoms with Crippen molar-refractivity contribution in [1.29, 1.82) is 0 Å². The van der Waals surface area contributed by atoms with Crippen LogP contribution in [0.1, 0.15) is 132 Å². The number of nitrogens with one attached hydrogen (secondary N) is 1. The van der Waals surface area contributed by atoms with Crippen molar-refractivity contribution < 1.29 is 23.9 Å². The van der Waals surface area contributed by atoms with Crippen LogP contribution in [0.4, 0.5) is 0 Å². The lowest BCUT2D eigenvalue weighted by atomic mass is 9.82. The molecule has 0 aromatic heterocycles. The van der Waals surface area contributed by atoms with E-state index in [0.717, 1.165) is 38.5 Å². The average molecular weight is 732 g/mol. The monoisotopic (exact) mass is 732 g/mol. The molecule has 0 spiro atoms. The molecular weight excluding hydrogens is 655 g/mol. The molecule has 3 N–H and O–H groups in total. The second-order valence-electron chi connectivity index (χ2n) is 19.7. The van der Waals surface area contributed by atoms with Gasteiger partial charge in [0.05, 0.1) is 30.5 Å². The van der Waals surface area contributed by atoms with Gasteiger partial charge in [-0.25, -0.2) is 0 Å². The summed E-state index contributed by atoms with van der Waals surface area (Å²) in [5.74, 6) is 0.873. The number of aliphatic hydroxyl groups excluding tert-OH is 2. The number of hydrogen-bond acceptors (Lipinski definition) is 5. The Morgan fingerprint density at radius 1 is 0.760 bits per heavy atom. The zero-order valence-electron chi connectivity index (χ0n) is 34.2. The maximum atomic E-state index is 14.6. The van der Waals surface area contributed by atoms with Crippen LogP contribution >= 0.6 is 0 Å². The summed E-state index contributed by atoms with van der Waals surface area (Å²) in [5, 5.41) is 26.4. The van der Waals surface area contributed by atoms with E-state index in [1.165, 1.54) is 24.8 Å². The van der Waals surface area contributed by atoms with Gasteiger partial charge in [0.15, 0.2) is 16.6 Å². The van der Waals surface area contributed by atoms with E-state index in [1.54, 1.807) is 0 Å². The molecule has 1 amide bonds. The van der Waals surface area contributed by atoms with E-state index < -0.39 is 34.9 Å². The number of carbonyl (C=O) groups excluding carboxylic acids is 1. The van der Waals surface area contributed by atoms with Gasteiger partial charge in [-0.15, -0.1) is 0 Å². The van der Waals surface area contributed by atoms with Gasteiger partial charge in [-0.2, -0.15) is 0 Å². The number of aliphatic hydroxyl groups is 2. The van der Waals surface area contributed by atoms with E-state index in [2.05, 4.69) is 117 Å². The van der Waals surface area contributed by atoms with Crippen LogP contribution in [0.25, 0.3) is 0 Å². The largest absolute Gasteiger partial charge is 0.411 e. The first-order valence-electron chi connectivity index (χ1n) is 20.2. The number of hydrogen-bond donors (Lipinski definition) is 3. The smallest absolute Gasteiger partial charge is 0.223 e. The summed E-state index contributed by atoms with van der Waals surface area (Å²) in [6.45, 7) is 27.1. The topological polar surface area (TPSA) is 88.0 Å². The van der Waals surface area contributed by atoms with Crippen molar-refractivity contribution in [1.82, 2.24) is 5.32 Å². The second kappa shape index (κ2) is 18.3. The van der Waals surface area contributed by atoms with Crippen molar-refractivity contribution in [3.8, 4) is 0 Å². The minimum atomic E-state index is -2.28. The zero-order chi connectivity index (χ0) is 37.5. The third-order valence-electron chi connectivity index (χ3n) is 12.6. The molecule has 0 bridgehead atoms. The summed E-state index contributed by atoms with van der Waals surface area (Å²) in [7, 11) is -4.51. The maximum Gasteiger partial charge on any atom is 0.223 e. The van der Waals surface area contributed by atoms with Crippen LogP contribution in [0.15, 0.2) is 30.3 Å². The highest BCUT2D eigenvalue weighted by Crippen LogP contribution is 2.43. The van der Waals surface area contributed by atoms with Crippen LogP contribution in [0.3, 0.4) is 0 Å². The molecular formula is C42H77NO5Si2. The molecule has 2 aliphatic carbocycles. The van der Waals surface area contributed by atoms with E-state index in [1.807, 2.05) is 0 Å². The van der Waals surface area contributed by atoms with E-state index >= 15 is 0 Å². The third kappa shape index (κ3) is 13.4. The number of amides is 1. The van der Waals surface area contributed by atoms with Crippen molar-refractivity contribution in [2.75, 3.05) is 0 Å². The molecule has 0 radical (unpaired) electrons. The normalized spacial score (nSPS) is 20.6. The van der Waals surface area contributed by atoms with Crippen LogP contribution in [-0.4, -0.2) is 63.2 Å². The molecule has 2 saturated carbocycles. The van der Waals surface area contributed by atoms with Crippen molar-refractivity contribution >= 4 is 22.5 Å². The highest BCUT2D eigenvalue weighted by Gasteiger charge is 2.46. The third-order valence-corrected chi connectivity index (χ3v) is 21.6. The molecule has 6 nitrogen and oxygen atoms in total. The predicted molar refractivity (Wildman–Crippen MR) is 214 cm³/mol. The van der Waals surface area contributed by atoms with E-state index in [4.69, 9.17) is 8.85 Å². The Morgan fingerprint density at radius 3 is 1.78 bits per heavy atom.